The molecule has 116 valence electrons. The van der Waals surface area contributed by atoms with Gasteiger partial charge in [0.2, 0.25) is 0 Å². The molecule has 0 unspecified atom stereocenters. The average Bonchev–Trinajstić information content (AvgIpc) is 2.45. The Morgan fingerprint density at radius 3 is 2.62 bits per heavy atom. The summed E-state index contributed by atoms with van der Waals surface area (Å²) in [7, 11) is 0. The molecule has 2 N–H and O–H groups in total. The van der Waals surface area contributed by atoms with E-state index in [0.29, 0.717) is 16.9 Å². The minimum absolute atomic E-state index is 0.0127. The van der Waals surface area contributed by atoms with Gasteiger partial charge in [-0.25, -0.2) is 0 Å². The molecule has 1 saturated heterocycles. The lowest BCUT2D eigenvalue weighted by Gasteiger charge is -2.22. The summed E-state index contributed by atoms with van der Waals surface area (Å²) in [4.78, 5) is 12.1. The van der Waals surface area contributed by atoms with E-state index in [-0.39, 0.29) is 5.56 Å². The molecule has 0 saturated carbocycles. The molecule has 1 fully saturated rings. The smallest absolute Gasteiger partial charge is 0.352 e. The number of hydrogen-bond acceptors (Lipinski definition) is 2. The van der Waals surface area contributed by atoms with Gasteiger partial charge in [-0.15, -0.1) is 0 Å². The second-order valence-electron chi connectivity index (χ2n) is 5.10. The Bertz CT molecular complexity index is 513. The summed E-state index contributed by atoms with van der Waals surface area (Å²) in [5.74, 6) is -0.105. The first kappa shape index (κ1) is 16.3. The molecule has 0 aromatic heterocycles. The molecule has 3 nitrogen and oxygen atoms in total. The van der Waals surface area contributed by atoms with Crippen molar-refractivity contribution in [3.8, 4) is 0 Å². The quantitative estimate of drug-likeness (QED) is 0.864. The normalized spacial score (nSPS) is 16.8. The van der Waals surface area contributed by atoms with Gasteiger partial charge in [-0.2, -0.15) is 13.2 Å². The molecule has 0 radical (unpaired) electrons. The molecular formula is C14H16BrF3N2O. The van der Waals surface area contributed by atoms with Crippen LogP contribution in [0.1, 0.15) is 28.8 Å². The molecule has 0 aliphatic carbocycles. The molecule has 0 spiro atoms. The van der Waals surface area contributed by atoms with Crippen molar-refractivity contribution in [1.82, 2.24) is 10.6 Å². The van der Waals surface area contributed by atoms with Crippen molar-refractivity contribution in [2.45, 2.75) is 19.0 Å². The second kappa shape index (κ2) is 6.79. The molecule has 1 aliphatic heterocycles. The number of carbonyl (C=O) groups is 1. The van der Waals surface area contributed by atoms with Crippen molar-refractivity contribution in [3.05, 3.63) is 33.8 Å². The number of benzene rings is 1. The van der Waals surface area contributed by atoms with E-state index in [9.17, 15) is 18.0 Å². The van der Waals surface area contributed by atoms with E-state index in [1.54, 1.807) is 0 Å². The van der Waals surface area contributed by atoms with Gasteiger partial charge in [0.25, 0.3) is 5.91 Å². The van der Waals surface area contributed by atoms with Crippen LogP contribution in [0.2, 0.25) is 0 Å². The average molecular weight is 365 g/mol. The molecule has 1 aliphatic rings. The zero-order valence-electron chi connectivity index (χ0n) is 11.3. The van der Waals surface area contributed by atoms with Crippen LogP contribution in [0, 0.1) is 5.92 Å². The Balaban J connectivity index is 2.04. The van der Waals surface area contributed by atoms with Gasteiger partial charge < -0.3 is 10.6 Å². The SMILES string of the molecule is O=C(NCC1CCNCC1)c1cc(C(F)(F)F)ccc1Br. The summed E-state index contributed by atoms with van der Waals surface area (Å²) < 4.78 is 38.4. The van der Waals surface area contributed by atoms with E-state index in [1.165, 1.54) is 6.07 Å². The van der Waals surface area contributed by atoms with Gasteiger partial charge in [-0.3, -0.25) is 4.79 Å². The minimum Gasteiger partial charge on any atom is -0.352 e. The number of amides is 1. The summed E-state index contributed by atoms with van der Waals surface area (Å²) in [6.07, 6.45) is -2.53. The lowest BCUT2D eigenvalue weighted by Crippen LogP contribution is -2.36. The lowest BCUT2D eigenvalue weighted by molar-refractivity contribution is -0.137. The van der Waals surface area contributed by atoms with Crippen molar-refractivity contribution in [3.63, 3.8) is 0 Å². The van der Waals surface area contributed by atoms with Gasteiger partial charge in [0.15, 0.2) is 0 Å². The summed E-state index contributed by atoms with van der Waals surface area (Å²) in [5.41, 5.74) is -0.809. The van der Waals surface area contributed by atoms with Crippen LogP contribution in [0.25, 0.3) is 0 Å². The van der Waals surface area contributed by atoms with E-state index >= 15 is 0 Å². The molecule has 21 heavy (non-hydrogen) atoms. The van der Waals surface area contributed by atoms with Gasteiger partial charge >= 0.3 is 6.18 Å². The van der Waals surface area contributed by atoms with Crippen molar-refractivity contribution >= 4 is 21.8 Å². The highest BCUT2D eigenvalue weighted by Crippen LogP contribution is 2.31. The van der Waals surface area contributed by atoms with Crippen LogP contribution in [0.3, 0.4) is 0 Å². The van der Waals surface area contributed by atoms with Crippen LogP contribution < -0.4 is 10.6 Å². The van der Waals surface area contributed by atoms with Gasteiger partial charge in [0.05, 0.1) is 11.1 Å². The zero-order chi connectivity index (χ0) is 15.5. The van der Waals surface area contributed by atoms with Crippen molar-refractivity contribution in [2.24, 2.45) is 5.92 Å². The van der Waals surface area contributed by atoms with Crippen LogP contribution in [-0.4, -0.2) is 25.5 Å². The maximum absolute atomic E-state index is 12.7. The van der Waals surface area contributed by atoms with Crippen molar-refractivity contribution in [1.29, 1.82) is 0 Å². The first-order valence-electron chi connectivity index (χ1n) is 6.73. The number of halogens is 4. The minimum atomic E-state index is -4.45. The highest BCUT2D eigenvalue weighted by molar-refractivity contribution is 9.10. The maximum atomic E-state index is 12.7. The third-order valence-electron chi connectivity index (χ3n) is 3.55. The van der Waals surface area contributed by atoms with Gasteiger partial charge in [0.1, 0.15) is 0 Å². The summed E-state index contributed by atoms with van der Waals surface area (Å²) >= 11 is 3.13. The topological polar surface area (TPSA) is 41.1 Å². The number of rotatable bonds is 3. The number of nitrogens with one attached hydrogen (secondary N) is 2. The fourth-order valence-corrected chi connectivity index (χ4v) is 2.72. The first-order valence-corrected chi connectivity index (χ1v) is 7.53. The summed E-state index contributed by atoms with van der Waals surface area (Å²) in [6.45, 7) is 2.31. The van der Waals surface area contributed by atoms with E-state index in [2.05, 4.69) is 26.6 Å². The Morgan fingerprint density at radius 1 is 1.33 bits per heavy atom. The predicted molar refractivity (Wildman–Crippen MR) is 77.1 cm³/mol. The van der Waals surface area contributed by atoms with Crippen molar-refractivity contribution < 1.29 is 18.0 Å². The zero-order valence-corrected chi connectivity index (χ0v) is 12.9. The van der Waals surface area contributed by atoms with Crippen LogP contribution in [-0.2, 0) is 6.18 Å². The summed E-state index contributed by atoms with van der Waals surface area (Å²) in [5, 5.41) is 5.95. The van der Waals surface area contributed by atoms with Gasteiger partial charge in [-0.05, 0) is 66.0 Å². The molecule has 1 aromatic rings. The maximum Gasteiger partial charge on any atom is 0.416 e. The number of hydrogen-bond donors (Lipinski definition) is 2. The van der Waals surface area contributed by atoms with E-state index < -0.39 is 17.6 Å². The van der Waals surface area contributed by atoms with Crippen LogP contribution in [0.15, 0.2) is 22.7 Å². The van der Waals surface area contributed by atoms with Crippen molar-refractivity contribution in [2.75, 3.05) is 19.6 Å². The molecule has 0 bridgehead atoms. The van der Waals surface area contributed by atoms with Gasteiger partial charge in [-0.1, -0.05) is 0 Å². The molecular weight excluding hydrogens is 349 g/mol. The van der Waals surface area contributed by atoms with Gasteiger partial charge in [0, 0.05) is 11.0 Å². The van der Waals surface area contributed by atoms with Crippen LogP contribution in [0.4, 0.5) is 13.2 Å². The fraction of sp³-hybridized carbons (Fsp3) is 0.500. The first-order chi connectivity index (χ1) is 9.88. The Morgan fingerprint density at radius 2 is 2.00 bits per heavy atom. The summed E-state index contributed by atoms with van der Waals surface area (Å²) in [6, 6.07) is 3.08. The molecule has 1 heterocycles. The monoisotopic (exact) mass is 364 g/mol. The Hall–Kier alpha value is -1.08. The fourth-order valence-electron chi connectivity index (χ4n) is 2.29. The van der Waals surface area contributed by atoms with E-state index in [1.807, 2.05) is 0 Å². The number of carbonyl (C=O) groups excluding carboxylic acids is 1. The molecule has 1 amide bonds. The highest BCUT2D eigenvalue weighted by atomic mass is 79.9. The third-order valence-corrected chi connectivity index (χ3v) is 4.24. The highest BCUT2D eigenvalue weighted by Gasteiger charge is 2.31. The van der Waals surface area contributed by atoms with E-state index in [0.717, 1.165) is 38.1 Å². The Kier molecular flexibility index (Phi) is 5.27. The predicted octanol–water partition coefficient (Wildman–Crippen LogP) is 3.20. The van der Waals surface area contributed by atoms with E-state index in [4.69, 9.17) is 0 Å². The molecule has 0 atom stereocenters. The van der Waals surface area contributed by atoms with Crippen LogP contribution in [0.5, 0.6) is 0 Å². The number of alkyl halides is 3. The molecule has 1 aromatic carbocycles. The largest absolute Gasteiger partial charge is 0.416 e. The Labute approximate surface area is 129 Å². The number of piperidine rings is 1. The molecule has 7 heteroatoms. The standard InChI is InChI=1S/C14H16BrF3N2O/c15-12-2-1-10(14(16,17)18)7-11(12)13(21)20-8-9-3-5-19-6-4-9/h1-2,7,9,19H,3-6,8H2,(H,20,21). The molecule has 2 rings (SSSR count). The van der Waals surface area contributed by atoms with Crippen LogP contribution >= 0.6 is 15.9 Å². The lowest BCUT2D eigenvalue weighted by atomic mass is 9.98. The second-order valence-corrected chi connectivity index (χ2v) is 5.95. The third kappa shape index (κ3) is 4.44.